The van der Waals surface area contributed by atoms with E-state index in [2.05, 4.69) is 4.74 Å². The molecule has 0 aromatic heterocycles. The quantitative estimate of drug-likeness (QED) is 0.789. The molecule has 0 radical (unpaired) electrons. The van der Waals surface area contributed by atoms with Gasteiger partial charge in [-0.2, -0.15) is 0 Å². The second-order valence-corrected chi connectivity index (χ2v) is 7.20. The van der Waals surface area contributed by atoms with Gasteiger partial charge in [0, 0.05) is 0 Å². The smallest absolute Gasteiger partial charge is 0.337 e. The lowest BCUT2D eigenvalue weighted by molar-refractivity contribution is 0.0601. The van der Waals surface area contributed by atoms with Gasteiger partial charge in [-0.3, -0.25) is 4.31 Å². The summed E-state index contributed by atoms with van der Waals surface area (Å²) in [6.45, 7) is 2.21. The van der Waals surface area contributed by atoms with Crippen LogP contribution in [0.25, 0.3) is 0 Å². The summed E-state index contributed by atoms with van der Waals surface area (Å²) in [5.74, 6) is -0.457. The number of anilines is 1. The molecule has 0 aliphatic rings. The third kappa shape index (κ3) is 4.32. The Balaban J connectivity index is 2.32. The first kappa shape index (κ1) is 17.0. The first-order valence-corrected chi connectivity index (χ1v) is 8.88. The Labute approximate surface area is 136 Å². The summed E-state index contributed by atoms with van der Waals surface area (Å²) in [7, 11) is -2.15. The van der Waals surface area contributed by atoms with E-state index < -0.39 is 16.0 Å². The maximum atomic E-state index is 12.1. The van der Waals surface area contributed by atoms with Gasteiger partial charge in [0.05, 0.1) is 31.2 Å². The van der Waals surface area contributed by atoms with E-state index in [0.29, 0.717) is 11.3 Å². The predicted molar refractivity (Wildman–Crippen MR) is 90.0 cm³/mol. The van der Waals surface area contributed by atoms with Gasteiger partial charge in [0.2, 0.25) is 10.0 Å². The summed E-state index contributed by atoms with van der Waals surface area (Å²) >= 11 is 0. The highest BCUT2D eigenvalue weighted by molar-refractivity contribution is 7.92. The minimum absolute atomic E-state index is 0.233. The fourth-order valence-electron chi connectivity index (χ4n) is 2.14. The Morgan fingerprint density at radius 1 is 1.04 bits per heavy atom. The second-order valence-electron chi connectivity index (χ2n) is 5.29. The van der Waals surface area contributed by atoms with Crippen LogP contribution < -0.4 is 4.31 Å². The number of ether oxygens (including phenoxy) is 1. The van der Waals surface area contributed by atoms with Gasteiger partial charge in [-0.05, 0) is 36.8 Å². The molecule has 0 aliphatic heterocycles. The Morgan fingerprint density at radius 3 is 2.09 bits per heavy atom. The molecule has 0 amide bonds. The zero-order valence-electron chi connectivity index (χ0n) is 13.3. The van der Waals surface area contributed by atoms with Crippen molar-refractivity contribution in [1.82, 2.24) is 0 Å². The van der Waals surface area contributed by atoms with Crippen molar-refractivity contribution in [2.75, 3.05) is 17.7 Å². The average Bonchev–Trinajstić information content (AvgIpc) is 2.52. The van der Waals surface area contributed by atoms with E-state index in [1.165, 1.54) is 11.4 Å². The Bertz CT molecular complexity index is 780. The number of hydrogen-bond acceptors (Lipinski definition) is 4. The minimum atomic E-state index is -3.45. The van der Waals surface area contributed by atoms with Crippen molar-refractivity contribution in [1.29, 1.82) is 0 Å². The largest absolute Gasteiger partial charge is 0.465 e. The maximum absolute atomic E-state index is 12.1. The van der Waals surface area contributed by atoms with Gasteiger partial charge in [-0.15, -0.1) is 0 Å². The average molecular weight is 333 g/mol. The van der Waals surface area contributed by atoms with Crippen LogP contribution in [-0.4, -0.2) is 27.8 Å². The Kier molecular flexibility index (Phi) is 5.05. The molecule has 0 bridgehead atoms. The first-order valence-electron chi connectivity index (χ1n) is 7.03. The van der Waals surface area contributed by atoms with Crippen LogP contribution in [0.4, 0.5) is 5.69 Å². The van der Waals surface area contributed by atoms with Gasteiger partial charge in [-0.25, -0.2) is 13.2 Å². The van der Waals surface area contributed by atoms with E-state index in [1.807, 2.05) is 31.2 Å². The van der Waals surface area contributed by atoms with Crippen LogP contribution in [-0.2, 0) is 21.3 Å². The summed E-state index contributed by atoms with van der Waals surface area (Å²) in [5.41, 5.74) is 2.88. The number of aryl methyl sites for hydroxylation is 1. The summed E-state index contributed by atoms with van der Waals surface area (Å²) < 4.78 is 30.2. The van der Waals surface area contributed by atoms with Crippen molar-refractivity contribution >= 4 is 21.7 Å². The van der Waals surface area contributed by atoms with Crippen molar-refractivity contribution in [2.24, 2.45) is 0 Å². The molecule has 2 aromatic rings. The fourth-order valence-corrected chi connectivity index (χ4v) is 3.03. The van der Waals surface area contributed by atoms with Gasteiger partial charge in [-0.1, -0.05) is 29.8 Å². The van der Waals surface area contributed by atoms with Crippen LogP contribution in [0.3, 0.4) is 0 Å². The van der Waals surface area contributed by atoms with Crippen molar-refractivity contribution in [3.63, 3.8) is 0 Å². The third-order valence-corrected chi connectivity index (χ3v) is 4.56. The lowest BCUT2D eigenvalue weighted by Gasteiger charge is -2.22. The van der Waals surface area contributed by atoms with Gasteiger partial charge < -0.3 is 4.74 Å². The molecule has 0 spiro atoms. The summed E-state index contributed by atoms with van der Waals surface area (Å²) in [6.07, 6.45) is 1.16. The normalized spacial score (nSPS) is 11.1. The fraction of sp³-hybridized carbons (Fsp3) is 0.235. The van der Waals surface area contributed by atoms with Gasteiger partial charge in [0.1, 0.15) is 0 Å². The number of carbonyl (C=O) groups is 1. The van der Waals surface area contributed by atoms with Gasteiger partial charge >= 0.3 is 5.97 Å². The molecule has 0 fully saturated rings. The number of rotatable bonds is 5. The van der Waals surface area contributed by atoms with E-state index in [0.717, 1.165) is 17.4 Å². The summed E-state index contributed by atoms with van der Waals surface area (Å²) in [4.78, 5) is 11.5. The molecule has 0 aliphatic carbocycles. The molecular formula is C17H19NO4S. The monoisotopic (exact) mass is 333 g/mol. The standard InChI is InChI=1S/C17H19NO4S/c1-13-4-6-14(7-5-13)12-18(23(3,20)21)16-10-8-15(9-11-16)17(19)22-2/h4-11H,12H2,1-3H3. The lowest BCUT2D eigenvalue weighted by atomic mass is 10.1. The molecule has 2 rings (SSSR count). The van der Waals surface area contributed by atoms with E-state index in [9.17, 15) is 13.2 Å². The molecule has 2 aromatic carbocycles. The van der Waals surface area contributed by atoms with Crippen molar-refractivity contribution < 1.29 is 17.9 Å². The molecule has 0 saturated heterocycles. The maximum Gasteiger partial charge on any atom is 0.337 e. The van der Waals surface area contributed by atoms with Crippen molar-refractivity contribution in [2.45, 2.75) is 13.5 Å². The minimum Gasteiger partial charge on any atom is -0.465 e. The Morgan fingerprint density at radius 2 is 1.61 bits per heavy atom. The molecule has 0 atom stereocenters. The molecule has 23 heavy (non-hydrogen) atoms. The van der Waals surface area contributed by atoms with Crippen LogP contribution in [0.1, 0.15) is 21.5 Å². The zero-order chi connectivity index (χ0) is 17.0. The highest BCUT2D eigenvalue weighted by Gasteiger charge is 2.18. The third-order valence-electron chi connectivity index (χ3n) is 3.42. The number of esters is 1. The number of methoxy groups -OCH3 is 1. The SMILES string of the molecule is COC(=O)c1ccc(N(Cc2ccc(C)cc2)S(C)(=O)=O)cc1. The zero-order valence-corrected chi connectivity index (χ0v) is 14.1. The van der Waals surface area contributed by atoms with Crippen LogP contribution in [0.15, 0.2) is 48.5 Å². The van der Waals surface area contributed by atoms with Crippen LogP contribution >= 0.6 is 0 Å². The highest BCUT2D eigenvalue weighted by Crippen LogP contribution is 2.21. The molecule has 0 N–H and O–H groups in total. The molecular weight excluding hydrogens is 314 g/mol. The first-order chi connectivity index (χ1) is 10.8. The van der Waals surface area contributed by atoms with Crippen molar-refractivity contribution in [3.05, 3.63) is 65.2 Å². The molecule has 6 heteroatoms. The highest BCUT2D eigenvalue weighted by atomic mass is 32.2. The molecule has 0 heterocycles. The topological polar surface area (TPSA) is 63.7 Å². The molecule has 5 nitrogen and oxygen atoms in total. The van der Waals surface area contributed by atoms with E-state index in [4.69, 9.17) is 0 Å². The second kappa shape index (κ2) is 6.83. The van der Waals surface area contributed by atoms with Crippen molar-refractivity contribution in [3.8, 4) is 0 Å². The number of nitrogens with zero attached hydrogens (tertiary/aromatic N) is 1. The van der Waals surface area contributed by atoms with E-state index in [-0.39, 0.29) is 6.54 Å². The van der Waals surface area contributed by atoms with Crippen LogP contribution in [0.2, 0.25) is 0 Å². The van der Waals surface area contributed by atoms with Gasteiger partial charge in [0.15, 0.2) is 0 Å². The lowest BCUT2D eigenvalue weighted by Crippen LogP contribution is -2.29. The predicted octanol–water partition coefficient (Wildman–Crippen LogP) is 2.75. The molecule has 122 valence electrons. The summed E-state index contributed by atoms with van der Waals surface area (Å²) in [6, 6.07) is 14.0. The van der Waals surface area contributed by atoms with E-state index in [1.54, 1.807) is 24.3 Å². The number of benzene rings is 2. The molecule has 0 unspecified atom stereocenters. The number of sulfonamides is 1. The van der Waals surface area contributed by atoms with Crippen LogP contribution in [0.5, 0.6) is 0 Å². The van der Waals surface area contributed by atoms with E-state index >= 15 is 0 Å². The van der Waals surface area contributed by atoms with Crippen LogP contribution in [0, 0.1) is 6.92 Å². The van der Waals surface area contributed by atoms with Gasteiger partial charge in [0.25, 0.3) is 0 Å². The summed E-state index contributed by atoms with van der Waals surface area (Å²) in [5, 5.41) is 0. The number of carbonyl (C=O) groups excluding carboxylic acids is 1. The molecule has 0 saturated carbocycles. The Hall–Kier alpha value is -2.34. The number of hydrogen-bond donors (Lipinski definition) is 0.